The molecule has 1 saturated heterocycles. The largest absolute Gasteiger partial charge is 0.485 e. The van der Waals surface area contributed by atoms with Crippen molar-refractivity contribution < 1.29 is 22.7 Å². The van der Waals surface area contributed by atoms with E-state index < -0.39 is 16.1 Å². The first kappa shape index (κ1) is 21.8. The summed E-state index contributed by atoms with van der Waals surface area (Å²) in [4.78, 5) is 14.7. The summed E-state index contributed by atoms with van der Waals surface area (Å²) in [7, 11) is -3.85. The molecule has 2 aromatic carbocycles. The Bertz CT molecular complexity index is 1080. The number of likely N-dealkylation sites (tertiary alicyclic amines) is 1. The number of benzene rings is 2. The number of rotatable bonds is 4. The van der Waals surface area contributed by atoms with Crippen molar-refractivity contribution in [1.29, 1.82) is 0 Å². The normalized spacial score (nSPS) is 18.9. The lowest BCUT2D eigenvalue weighted by Crippen LogP contribution is -2.46. The van der Waals surface area contributed by atoms with Gasteiger partial charge < -0.3 is 14.4 Å². The standard InChI is InChI=1S/C22H25ClN2O5S/c1-15-6-7-16(12-18(15)23)24-31(27,28)17-8-9-19-20(13-17)29-14-21(30-19)22(26)25-10-4-2-3-5-11-25/h6-9,12-13,21,24H,2-5,10-11,14H2,1H3. The molecular formula is C22H25ClN2O5S. The number of ether oxygens (including phenoxy) is 2. The minimum Gasteiger partial charge on any atom is -0.485 e. The predicted octanol–water partition coefficient (Wildman–Crippen LogP) is 3.99. The Morgan fingerprint density at radius 1 is 1.06 bits per heavy atom. The van der Waals surface area contributed by atoms with Crippen LogP contribution in [-0.2, 0) is 14.8 Å². The van der Waals surface area contributed by atoms with Gasteiger partial charge in [-0.2, -0.15) is 0 Å². The first-order valence-corrected chi connectivity index (χ1v) is 12.2. The fraction of sp³-hybridized carbons (Fsp3) is 0.409. The molecule has 0 radical (unpaired) electrons. The van der Waals surface area contributed by atoms with E-state index in [0.29, 0.717) is 22.2 Å². The van der Waals surface area contributed by atoms with Gasteiger partial charge in [-0.15, -0.1) is 0 Å². The summed E-state index contributed by atoms with van der Waals surface area (Å²) in [5.74, 6) is 0.573. The van der Waals surface area contributed by atoms with Crippen molar-refractivity contribution in [2.24, 2.45) is 0 Å². The number of aryl methyl sites for hydroxylation is 1. The molecule has 0 aliphatic carbocycles. The Labute approximate surface area is 187 Å². The molecule has 0 bridgehead atoms. The maximum atomic E-state index is 12.8. The zero-order valence-electron chi connectivity index (χ0n) is 17.3. The van der Waals surface area contributed by atoms with E-state index in [-0.39, 0.29) is 17.4 Å². The van der Waals surface area contributed by atoms with Crippen LogP contribution in [0, 0.1) is 6.92 Å². The van der Waals surface area contributed by atoms with E-state index >= 15 is 0 Å². The third kappa shape index (κ3) is 4.91. The van der Waals surface area contributed by atoms with Crippen LogP contribution in [0.1, 0.15) is 31.2 Å². The molecule has 0 saturated carbocycles. The summed E-state index contributed by atoms with van der Waals surface area (Å²) in [6.45, 7) is 3.36. The Morgan fingerprint density at radius 2 is 1.81 bits per heavy atom. The molecule has 7 nitrogen and oxygen atoms in total. The number of nitrogens with one attached hydrogen (secondary N) is 1. The van der Waals surface area contributed by atoms with Gasteiger partial charge in [-0.1, -0.05) is 30.5 Å². The van der Waals surface area contributed by atoms with Gasteiger partial charge in [0.1, 0.15) is 6.61 Å². The first-order chi connectivity index (χ1) is 14.8. The molecule has 166 valence electrons. The number of halogens is 1. The topological polar surface area (TPSA) is 84.9 Å². The lowest BCUT2D eigenvalue weighted by atomic mass is 10.2. The lowest BCUT2D eigenvalue weighted by Gasteiger charge is -2.30. The Hall–Kier alpha value is -2.45. The van der Waals surface area contributed by atoms with E-state index in [0.717, 1.165) is 44.3 Å². The van der Waals surface area contributed by atoms with Crippen LogP contribution >= 0.6 is 11.6 Å². The number of hydrogen-bond acceptors (Lipinski definition) is 5. The van der Waals surface area contributed by atoms with Crippen LogP contribution in [-0.4, -0.2) is 45.0 Å². The molecule has 31 heavy (non-hydrogen) atoms. The molecule has 1 amide bonds. The fourth-order valence-corrected chi connectivity index (χ4v) is 4.95. The first-order valence-electron chi connectivity index (χ1n) is 10.3. The van der Waals surface area contributed by atoms with Crippen LogP contribution < -0.4 is 14.2 Å². The van der Waals surface area contributed by atoms with Crippen molar-refractivity contribution in [3.05, 3.63) is 47.0 Å². The van der Waals surface area contributed by atoms with Gasteiger partial charge >= 0.3 is 0 Å². The Morgan fingerprint density at radius 3 is 2.52 bits per heavy atom. The van der Waals surface area contributed by atoms with Crippen LogP contribution in [0.2, 0.25) is 5.02 Å². The number of fused-ring (bicyclic) bond motifs is 1. The van der Waals surface area contributed by atoms with E-state index in [9.17, 15) is 13.2 Å². The Kier molecular flexibility index (Phi) is 6.29. The molecule has 0 spiro atoms. The molecule has 1 fully saturated rings. The predicted molar refractivity (Wildman–Crippen MR) is 118 cm³/mol. The highest BCUT2D eigenvalue weighted by Crippen LogP contribution is 2.35. The van der Waals surface area contributed by atoms with E-state index in [2.05, 4.69) is 4.72 Å². The highest BCUT2D eigenvalue weighted by Gasteiger charge is 2.32. The number of amides is 1. The summed E-state index contributed by atoms with van der Waals surface area (Å²) >= 11 is 6.09. The van der Waals surface area contributed by atoms with E-state index in [4.69, 9.17) is 21.1 Å². The van der Waals surface area contributed by atoms with E-state index in [1.165, 1.54) is 18.2 Å². The molecule has 2 aromatic rings. The van der Waals surface area contributed by atoms with Crippen molar-refractivity contribution in [2.75, 3.05) is 24.4 Å². The van der Waals surface area contributed by atoms with Gasteiger partial charge in [-0.3, -0.25) is 9.52 Å². The number of carbonyl (C=O) groups is 1. The second kappa shape index (κ2) is 8.96. The zero-order chi connectivity index (χ0) is 22.0. The molecular weight excluding hydrogens is 440 g/mol. The van der Waals surface area contributed by atoms with Crippen LogP contribution in [0.3, 0.4) is 0 Å². The zero-order valence-corrected chi connectivity index (χ0v) is 18.8. The third-order valence-electron chi connectivity index (χ3n) is 5.50. The molecule has 1 unspecified atom stereocenters. The molecule has 2 aliphatic heterocycles. The summed E-state index contributed by atoms with van der Waals surface area (Å²) in [5, 5.41) is 0.475. The third-order valence-corrected chi connectivity index (χ3v) is 7.29. The summed E-state index contributed by atoms with van der Waals surface area (Å²) in [6, 6.07) is 9.31. The van der Waals surface area contributed by atoms with Crippen LogP contribution in [0.5, 0.6) is 11.5 Å². The minimum atomic E-state index is -3.85. The smallest absolute Gasteiger partial charge is 0.267 e. The van der Waals surface area contributed by atoms with Gasteiger partial charge in [0.05, 0.1) is 10.6 Å². The molecule has 1 N–H and O–H groups in total. The van der Waals surface area contributed by atoms with Crippen molar-refractivity contribution >= 4 is 33.2 Å². The molecule has 1 atom stereocenters. The molecule has 0 aromatic heterocycles. The molecule has 9 heteroatoms. The SMILES string of the molecule is Cc1ccc(NS(=O)(=O)c2ccc3c(c2)OCC(C(=O)N2CCCCCC2)O3)cc1Cl. The summed E-state index contributed by atoms with van der Waals surface area (Å²) in [6.07, 6.45) is 3.54. The lowest BCUT2D eigenvalue weighted by molar-refractivity contribution is -0.141. The molecule has 2 aliphatic rings. The Balaban J connectivity index is 1.48. The van der Waals surface area contributed by atoms with Gasteiger partial charge in [-0.25, -0.2) is 8.42 Å². The molecule has 4 rings (SSSR count). The number of carbonyl (C=O) groups excluding carboxylic acids is 1. The van der Waals surface area contributed by atoms with E-state index in [1.54, 1.807) is 18.2 Å². The van der Waals surface area contributed by atoms with Gasteiger partial charge in [0.15, 0.2) is 11.5 Å². The maximum absolute atomic E-state index is 12.8. The number of sulfonamides is 1. The molecule has 2 heterocycles. The average molecular weight is 465 g/mol. The highest BCUT2D eigenvalue weighted by atomic mass is 35.5. The van der Waals surface area contributed by atoms with Crippen molar-refractivity contribution in [2.45, 2.75) is 43.6 Å². The van der Waals surface area contributed by atoms with Crippen LogP contribution in [0.25, 0.3) is 0 Å². The van der Waals surface area contributed by atoms with Crippen LogP contribution in [0.4, 0.5) is 5.69 Å². The second-order valence-electron chi connectivity index (χ2n) is 7.83. The monoisotopic (exact) mass is 464 g/mol. The van der Waals surface area contributed by atoms with Crippen molar-refractivity contribution in [1.82, 2.24) is 4.90 Å². The van der Waals surface area contributed by atoms with Gasteiger partial charge in [-0.05, 0) is 49.6 Å². The van der Waals surface area contributed by atoms with Crippen LogP contribution in [0.15, 0.2) is 41.3 Å². The fourth-order valence-electron chi connectivity index (χ4n) is 3.71. The summed E-state index contributed by atoms with van der Waals surface area (Å²) in [5.41, 5.74) is 1.22. The van der Waals surface area contributed by atoms with Crippen molar-refractivity contribution in [3.63, 3.8) is 0 Å². The maximum Gasteiger partial charge on any atom is 0.267 e. The van der Waals surface area contributed by atoms with Gasteiger partial charge in [0.2, 0.25) is 6.10 Å². The number of nitrogens with zero attached hydrogens (tertiary/aromatic N) is 1. The summed E-state index contributed by atoms with van der Waals surface area (Å²) < 4.78 is 39.7. The van der Waals surface area contributed by atoms with Crippen molar-refractivity contribution in [3.8, 4) is 11.5 Å². The minimum absolute atomic E-state index is 0.0313. The van der Waals surface area contributed by atoms with Gasteiger partial charge in [0.25, 0.3) is 15.9 Å². The second-order valence-corrected chi connectivity index (χ2v) is 9.92. The number of anilines is 1. The average Bonchev–Trinajstić information content (AvgIpc) is 3.04. The number of hydrogen-bond donors (Lipinski definition) is 1. The highest BCUT2D eigenvalue weighted by molar-refractivity contribution is 7.92. The van der Waals surface area contributed by atoms with E-state index in [1.807, 2.05) is 11.8 Å². The quantitative estimate of drug-likeness (QED) is 0.739. The van der Waals surface area contributed by atoms with Gasteiger partial charge in [0, 0.05) is 24.2 Å².